The van der Waals surface area contributed by atoms with Gasteiger partial charge >= 0.3 is 12.3 Å². The molecule has 0 bridgehead atoms. The molecule has 0 aromatic carbocycles. The summed E-state index contributed by atoms with van der Waals surface area (Å²) in [7, 11) is 0. The Labute approximate surface area is 84.0 Å². The second-order valence-corrected chi connectivity index (χ2v) is 3.18. The standard InChI is InChI=1S/C8H11F4NO2/c9-6(10)8(11,12)7(14)13-2-1-4-15-5-3-13/h6H,1-5H2. The Balaban J connectivity index is 2.65. The zero-order valence-electron chi connectivity index (χ0n) is 7.89. The lowest BCUT2D eigenvalue weighted by atomic mass is 10.2. The fourth-order valence-corrected chi connectivity index (χ4v) is 1.25. The molecule has 1 heterocycles. The molecule has 0 atom stereocenters. The first-order chi connectivity index (χ1) is 6.96. The zero-order chi connectivity index (χ0) is 11.5. The van der Waals surface area contributed by atoms with Crippen LogP contribution in [-0.4, -0.2) is 49.5 Å². The van der Waals surface area contributed by atoms with E-state index in [2.05, 4.69) is 0 Å². The van der Waals surface area contributed by atoms with Crippen LogP contribution in [0.15, 0.2) is 0 Å². The van der Waals surface area contributed by atoms with Crippen LogP contribution in [0.2, 0.25) is 0 Å². The van der Waals surface area contributed by atoms with Crippen molar-refractivity contribution in [3.05, 3.63) is 0 Å². The average molecular weight is 229 g/mol. The summed E-state index contributed by atoms with van der Waals surface area (Å²) in [5.41, 5.74) is 0. The molecule has 0 saturated carbocycles. The number of hydrogen-bond acceptors (Lipinski definition) is 2. The average Bonchev–Trinajstić information content (AvgIpc) is 2.44. The van der Waals surface area contributed by atoms with E-state index in [-0.39, 0.29) is 19.7 Å². The second kappa shape index (κ2) is 4.78. The van der Waals surface area contributed by atoms with Gasteiger partial charge in [0.25, 0.3) is 5.91 Å². The molecule has 1 rings (SSSR count). The summed E-state index contributed by atoms with van der Waals surface area (Å²) in [6.07, 6.45) is -3.58. The molecular weight excluding hydrogens is 218 g/mol. The van der Waals surface area contributed by atoms with Gasteiger partial charge in [0.1, 0.15) is 0 Å². The summed E-state index contributed by atoms with van der Waals surface area (Å²) in [5, 5.41) is 0. The number of alkyl halides is 4. The van der Waals surface area contributed by atoms with E-state index in [0.29, 0.717) is 13.0 Å². The Hall–Kier alpha value is -0.850. The monoisotopic (exact) mass is 229 g/mol. The number of carbonyl (C=O) groups is 1. The van der Waals surface area contributed by atoms with E-state index in [1.807, 2.05) is 0 Å². The summed E-state index contributed by atoms with van der Waals surface area (Å²) in [4.78, 5) is 11.8. The molecule has 0 aliphatic carbocycles. The highest BCUT2D eigenvalue weighted by Crippen LogP contribution is 2.25. The number of ether oxygens (including phenoxy) is 1. The fraction of sp³-hybridized carbons (Fsp3) is 0.875. The minimum absolute atomic E-state index is 0.0289. The summed E-state index contributed by atoms with van der Waals surface area (Å²) in [6, 6.07) is 0. The van der Waals surface area contributed by atoms with Crippen molar-refractivity contribution < 1.29 is 27.1 Å². The van der Waals surface area contributed by atoms with Crippen LogP contribution in [0.1, 0.15) is 6.42 Å². The fourth-order valence-electron chi connectivity index (χ4n) is 1.25. The van der Waals surface area contributed by atoms with Gasteiger partial charge in [-0.15, -0.1) is 0 Å². The van der Waals surface area contributed by atoms with E-state index in [4.69, 9.17) is 4.74 Å². The molecule has 3 nitrogen and oxygen atoms in total. The molecule has 15 heavy (non-hydrogen) atoms. The van der Waals surface area contributed by atoms with Crippen molar-refractivity contribution in [2.75, 3.05) is 26.3 Å². The first-order valence-corrected chi connectivity index (χ1v) is 4.49. The number of halogens is 4. The summed E-state index contributed by atoms with van der Waals surface area (Å²) in [6.45, 7) is 0.414. The number of amides is 1. The van der Waals surface area contributed by atoms with E-state index < -0.39 is 18.3 Å². The zero-order valence-corrected chi connectivity index (χ0v) is 7.89. The van der Waals surface area contributed by atoms with Crippen LogP contribution in [0.5, 0.6) is 0 Å². The predicted molar refractivity (Wildman–Crippen MR) is 43.0 cm³/mol. The number of hydrogen-bond donors (Lipinski definition) is 0. The van der Waals surface area contributed by atoms with Gasteiger partial charge in [-0.3, -0.25) is 4.79 Å². The van der Waals surface area contributed by atoms with Gasteiger partial charge in [-0.05, 0) is 6.42 Å². The van der Waals surface area contributed by atoms with E-state index in [0.717, 1.165) is 4.90 Å². The lowest BCUT2D eigenvalue weighted by Crippen LogP contribution is -2.48. The highest BCUT2D eigenvalue weighted by molar-refractivity contribution is 5.84. The summed E-state index contributed by atoms with van der Waals surface area (Å²) in [5.74, 6) is -6.41. The maximum atomic E-state index is 12.7. The van der Waals surface area contributed by atoms with E-state index >= 15 is 0 Å². The highest BCUT2D eigenvalue weighted by atomic mass is 19.3. The van der Waals surface area contributed by atoms with Crippen molar-refractivity contribution in [2.45, 2.75) is 18.8 Å². The highest BCUT2D eigenvalue weighted by Gasteiger charge is 2.51. The van der Waals surface area contributed by atoms with E-state index in [9.17, 15) is 22.4 Å². The van der Waals surface area contributed by atoms with Gasteiger partial charge in [0.2, 0.25) is 0 Å². The SMILES string of the molecule is O=C(N1CCCOCC1)C(F)(F)C(F)F. The largest absolute Gasteiger partial charge is 0.383 e. The van der Waals surface area contributed by atoms with Gasteiger partial charge < -0.3 is 9.64 Å². The lowest BCUT2D eigenvalue weighted by molar-refractivity contribution is -0.180. The van der Waals surface area contributed by atoms with E-state index in [1.165, 1.54) is 0 Å². The van der Waals surface area contributed by atoms with Crippen LogP contribution in [0.4, 0.5) is 17.6 Å². The lowest BCUT2D eigenvalue weighted by Gasteiger charge is -2.24. The molecule has 0 N–H and O–H groups in total. The van der Waals surface area contributed by atoms with Crippen LogP contribution in [0.25, 0.3) is 0 Å². The van der Waals surface area contributed by atoms with E-state index in [1.54, 1.807) is 0 Å². The molecule has 1 saturated heterocycles. The smallest absolute Gasteiger partial charge is 0.380 e. The first kappa shape index (κ1) is 12.2. The Bertz CT molecular complexity index is 227. The quantitative estimate of drug-likeness (QED) is 0.664. The Morgan fingerprint density at radius 1 is 1.27 bits per heavy atom. The molecule has 0 unspecified atom stereocenters. The molecule has 7 heteroatoms. The van der Waals surface area contributed by atoms with Crippen molar-refractivity contribution in [1.29, 1.82) is 0 Å². The second-order valence-electron chi connectivity index (χ2n) is 3.18. The van der Waals surface area contributed by atoms with Crippen LogP contribution < -0.4 is 0 Å². The molecule has 0 radical (unpaired) electrons. The van der Waals surface area contributed by atoms with Crippen molar-refractivity contribution in [3.8, 4) is 0 Å². The van der Waals surface area contributed by atoms with Crippen molar-refractivity contribution >= 4 is 5.91 Å². The predicted octanol–water partition coefficient (Wildman–Crippen LogP) is 1.14. The maximum absolute atomic E-state index is 12.7. The maximum Gasteiger partial charge on any atom is 0.383 e. The summed E-state index contributed by atoms with van der Waals surface area (Å²) >= 11 is 0. The first-order valence-electron chi connectivity index (χ1n) is 4.49. The van der Waals surface area contributed by atoms with Gasteiger partial charge in [0, 0.05) is 19.7 Å². The van der Waals surface area contributed by atoms with Crippen LogP contribution >= 0.6 is 0 Å². The van der Waals surface area contributed by atoms with Crippen molar-refractivity contribution in [3.63, 3.8) is 0 Å². The topological polar surface area (TPSA) is 29.5 Å². The minimum atomic E-state index is -4.59. The van der Waals surface area contributed by atoms with Gasteiger partial charge in [0.05, 0.1) is 6.61 Å². The van der Waals surface area contributed by atoms with Crippen LogP contribution in [0.3, 0.4) is 0 Å². The summed E-state index contributed by atoms with van der Waals surface area (Å²) < 4.78 is 54.1. The molecule has 1 fully saturated rings. The van der Waals surface area contributed by atoms with Gasteiger partial charge in [-0.2, -0.15) is 8.78 Å². The van der Waals surface area contributed by atoms with Gasteiger partial charge in [0.15, 0.2) is 0 Å². The molecule has 88 valence electrons. The third kappa shape index (κ3) is 2.80. The Morgan fingerprint density at radius 2 is 1.93 bits per heavy atom. The molecule has 0 aromatic rings. The van der Waals surface area contributed by atoms with Crippen molar-refractivity contribution in [2.24, 2.45) is 0 Å². The third-order valence-electron chi connectivity index (χ3n) is 2.07. The van der Waals surface area contributed by atoms with Crippen LogP contribution in [-0.2, 0) is 9.53 Å². The van der Waals surface area contributed by atoms with Crippen LogP contribution in [0, 0.1) is 0 Å². The number of carbonyl (C=O) groups excluding carboxylic acids is 1. The Morgan fingerprint density at radius 3 is 2.53 bits per heavy atom. The Kier molecular flexibility index (Phi) is 3.90. The molecule has 0 spiro atoms. The molecule has 1 aliphatic heterocycles. The normalized spacial score (nSPS) is 19.1. The van der Waals surface area contributed by atoms with Crippen molar-refractivity contribution in [1.82, 2.24) is 4.90 Å². The molecular formula is C8H11F4NO2. The number of rotatable bonds is 2. The number of nitrogens with zero attached hydrogens (tertiary/aromatic N) is 1. The van der Waals surface area contributed by atoms with Gasteiger partial charge in [-0.25, -0.2) is 8.78 Å². The third-order valence-corrected chi connectivity index (χ3v) is 2.07. The minimum Gasteiger partial charge on any atom is -0.380 e. The molecule has 1 aliphatic rings. The molecule has 1 amide bonds. The van der Waals surface area contributed by atoms with Gasteiger partial charge in [-0.1, -0.05) is 0 Å². The molecule has 0 aromatic heterocycles.